The lowest BCUT2D eigenvalue weighted by Crippen LogP contribution is -2.13. The third-order valence-electron chi connectivity index (χ3n) is 3.76. The van der Waals surface area contributed by atoms with E-state index in [0.29, 0.717) is 12.2 Å². The van der Waals surface area contributed by atoms with Gasteiger partial charge in [0.25, 0.3) is 0 Å². The fourth-order valence-corrected chi connectivity index (χ4v) is 2.28. The maximum absolute atomic E-state index is 8.78. The molecule has 0 aliphatic heterocycles. The summed E-state index contributed by atoms with van der Waals surface area (Å²) in [5.41, 5.74) is 9.20. The van der Waals surface area contributed by atoms with E-state index in [1.54, 1.807) is 24.5 Å². The molecule has 6 nitrogen and oxygen atoms in total. The summed E-state index contributed by atoms with van der Waals surface area (Å²) < 4.78 is 5.71. The Bertz CT molecular complexity index is 931. The van der Waals surface area contributed by atoms with Crippen molar-refractivity contribution in [3.63, 3.8) is 0 Å². The van der Waals surface area contributed by atoms with Gasteiger partial charge in [0.2, 0.25) is 0 Å². The first-order valence-corrected chi connectivity index (χ1v) is 8.31. The molecule has 0 aliphatic carbocycles. The Labute approximate surface area is 157 Å². The Balaban J connectivity index is 1.52. The van der Waals surface area contributed by atoms with E-state index in [0.717, 1.165) is 22.4 Å². The number of amidine groups is 1. The number of aromatic nitrogens is 1. The van der Waals surface area contributed by atoms with E-state index in [9.17, 15) is 0 Å². The summed E-state index contributed by atoms with van der Waals surface area (Å²) in [5, 5.41) is 12.7. The highest BCUT2D eigenvalue weighted by Crippen LogP contribution is 2.14. The van der Waals surface area contributed by atoms with Gasteiger partial charge in [-0.2, -0.15) is 5.26 Å². The molecule has 6 heteroatoms. The largest absolute Gasteiger partial charge is 0.489 e. The van der Waals surface area contributed by atoms with Crippen LogP contribution in [0.25, 0.3) is 0 Å². The molecule has 0 unspecified atom stereocenters. The smallest absolute Gasteiger partial charge is 0.170 e. The summed E-state index contributed by atoms with van der Waals surface area (Å²) >= 11 is 0. The molecule has 27 heavy (non-hydrogen) atoms. The highest BCUT2D eigenvalue weighted by molar-refractivity contribution is 5.97. The topological polar surface area (TPSA) is 93.5 Å². The first kappa shape index (κ1) is 18.0. The zero-order valence-corrected chi connectivity index (χ0v) is 14.6. The lowest BCUT2D eigenvalue weighted by Gasteiger charge is -2.07. The number of pyridine rings is 1. The van der Waals surface area contributed by atoms with Gasteiger partial charge in [-0.25, -0.2) is 0 Å². The number of hydrogen-bond donors (Lipinski definition) is 1. The van der Waals surface area contributed by atoms with E-state index in [-0.39, 0.29) is 12.4 Å². The zero-order valence-electron chi connectivity index (χ0n) is 14.6. The van der Waals surface area contributed by atoms with Gasteiger partial charge in [-0.1, -0.05) is 23.4 Å². The summed E-state index contributed by atoms with van der Waals surface area (Å²) in [5.74, 6) is 1.01. The van der Waals surface area contributed by atoms with Gasteiger partial charge in [-0.05, 0) is 48.0 Å². The van der Waals surface area contributed by atoms with Gasteiger partial charge in [0, 0.05) is 23.5 Å². The minimum atomic E-state index is 0.277. The predicted molar refractivity (Wildman–Crippen MR) is 102 cm³/mol. The molecule has 3 aromatic rings. The minimum absolute atomic E-state index is 0.277. The molecule has 2 N–H and O–H groups in total. The monoisotopic (exact) mass is 358 g/mol. The molecule has 1 heterocycles. The van der Waals surface area contributed by atoms with Crippen molar-refractivity contribution < 1.29 is 9.57 Å². The van der Waals surface area contributed by atoms with E-state index in [1.807, 2.05) is 48.5 Å². The molecular weight excluding hydrogens is 340 g/mol. The third kappa shape index (κ3) is 5.31. The molecule has 0 spiro atoms. The van der Waals surface area contributed by atoms with Crippen LogP contribution in [0.5, 0.6) is 5.75 Å². The van der Waals surface area contributed by atoms with E-state index in [4.69, 9.17) is 20.6 Å². The number of benzene rings is 2. The lowest BCUT2D eigenvalue weighted by atomic mass is 10.2. The molecule has 0 saturated carbocycles. The highest BCUT2D eigenvalue weighted by Gasteiger charge is 2.02. The normalized spacial score (nSPS) is 10.9. The van der Waals surface area contributed by atoms with E-state index in [2.05, 4.69) is 16.2 Å². The van der Waals surface area contributed by atoms with Crippen molar-refractivity contribution in [3.8, 4) is 11.8 Å². The molecule has 3 rings (SSSR count). The SMILES string of the molecule is N#Cc1ccc(CON=C(N)c2ccc(OCc3cccnc3)cc2)cc1. The number of nitriles is 1. The van der Waals surface area contributed by atoms with Gasteiger partial charge in [0.1, 0.15) is 19.0 Å². The standard InChI is InChI=1S/C21H18N4O2/c22-12-16-3-5-17(6-4-16)15-27-25-21(23)19-7-9-20(10-8-19)26-14-18-2-1-11-24-13-18/h1-11,13H,14-15H2,(H2,23,25). The molecule has 2 aromatic carbocycles. The summed E-state index contributed by atoms with van der Waals surface area (Å²) in [4.78, 5) is 9.34. The van der Waals surface area contributed by atoms with Gasteiger partial charge in [-0.3, -0.25) is 4.98 Å². The first-order valence-electron chi connectivity index (χ1n) is 8.31. The summed E-state index contributed by atoms with van der Waals surface area (Å²) in [6, 6.07) is 20.3. The van der Waals surface area contributed by atoms with Gasteiger partial charge < -0.3 is 15.3 Å². The first-order chi connectivity index (χ1) is 13.2. The van der Waals surface area contributed by atoms with Crippen LogP contribution >= 0.6 is 0 Å². The molecule has 134 valence electrons. The fraction of sp³-hybridized carbons (Fsp3) is 0.0952. The maximum Gasteiger partial charge on any atom is 0.170 e. The number of oxime groups is 1. The summed E-state index contributed by atoms with van der Waals surface area (Å²) in [6.07, 6.45) is 3.49. The lowest BCUT2D eigenvalue weighted by molar-refractivity contribution is 0.130. The number of nitrogens with zero attached hydrogens (tertiary/aromatic N) is 3. The Morgan fingerprint density at radius 3 is 2.44 bits per heavy atom. The van der Waals surface area contributed by atoms with E-state index < -0.39 is 0 Å². The third-order valence-corrected chi connectivity index (χ3v) is 3.76. The van der Waals surface area contributed by atoms with Crippen molar-refractivity contribution in [1.29, 1.82) is 5.26 Å². The summed E-state index contributed by atoms with van der Waals surface area (Å²) in [7, 11) is 0. The molecule has 0 amide bonds. The second kappa shape index (κ2) is 9.02. The minimum Gasteiger partial charge on any atom is -0.489 e. The van der Waals surface area contributed by atoms with Crippen LogP contribution in [0.4, 0.5) is 0 Å². The van der Waals surface area contributed by atoms with Crippen LogP contribution in [-0.2, 0) is 18.1 Å². The van der Waals surface area contributed by atoms with Gasteiger partial charge in [0.05, 0.1) is 11.6 Å². The predicted octanol–water partition coefficient (Wildman–Crippen LogP) is 3.37. The number of nitrogens with two attached hydrogens (primary N) is 1. The number of ether oxygens (including phenoxy) is 1. The van der Waals surface area contributed by atoms with Crippen molar-refractivity contribution in [1.82, 2.24) is 4.98 Å². The van der Waals surface area contributed by atoms with Crippen LogP contribution in [0.15, 0.2) is 78.2 Å². The quantitative estimate of drug-likeness (QED) is 0.397. The van der Waals surface area contributed by atoms with Crippen molar-refractivity contribution >= 4 is 5.84 Å². The van der Waals surface area contributed by atoms with Crippen LogP contribution in [0, 0.1) is 11.3 Å². The Kier molecular flexibility index (Phi) is 6.00. The molecule has 0 fully saturated rings. The Morgan fingerprint density at radius 1 is 1.00 bits per heavy atom. The van der Waals surface area contributed by atoms with Crippen LogP contribution in [-0.4, -0.2) is 10.8 Å². The fourth-order valence-electron chi connectivity index (χ4n) is 2.28. The van der Waals surface area contributed by atoms with Gasteiger partial charge >= 0.3 is 0 Å². The Hall–Kier alpha value is -3.85. The van der Waals surface area contributed by atoms with Gasteiger partial charge in [-0.15, -0.1) is 0 Å². The second-order valence-corrected chi connectivity index (χ2v) is 5.73. The molecule has 1 aromatic heterocycles. The van der Waals surface area contributed by atoms with Crippen molar-refractivity contribution in [2.75, 3.05) is 0 Å². The average molecular weight is 358 g/mol. The zero-order chi connectivity index (χ0) is 18.9. The van der Waals surface area contributed by atoms with Crippen molar-refractivity contribution in [3.05, 3.63) is 95.3 Å². The van der Waals surface area contributed by atoms with Crippen LogP contribution in [0.2, 0.25) is 0 Å². The van der Waals surface area contributed by atoms with E-state index >= 15 is 0 Å². The molecule has 0 aliphatic rings. The second-order valence-electron chi connectivity index (χ2n) is 5.73. The van der Waals surface area contributed by atoms with Crippen molar-refractivity contribution in [2.24, 2.45) is 10.9 Å². The average Bonchev–Trinajstić information content (AvgIpc) is 2.74. The Morgan fingerprint density at radius 2 is 1.78 bits per heavy atom. The molecule has 0 saturated heterocycles. The van der Waals surface area contributed by atoms with Crippen molar-refractivity contribution in [2.45, 2.75) is 13.2 Å². The highest BCUT2D eigenvalue weighted by atomic mass is 16.6. The molecular formula is C21H18N4O2. The van der Waals surface area contributed by atoms with Crippen LogP contribution < -0.4 is 10.5 Å². The molecule has 0 atom stereocenters. The summed E-state index contributed by atoms with van der Waals surface area (Å²) in [6.45, 7) is 0.725. The maximum atomic E-state index is 8.78. The van der Waals surface area contributed by atoms with Gasteiger partial charge in [0.15, 0.2) is 5.84 Å². The number of hydrogen-bond acceptors (Lipinski definition) is 5. The van der Waals surface area contributed by atoms with Crippen LogP contribution in [0.3, 0.4) is 0 Å². The number of rotatable bonds is 7. The molecule has 0 bridgehead atoms. The molecule has 0 radical (unpaired) electrons. The van der Waals surface area contributed by atoms with E-state index in [1.165, 1.54) is 0 Å². The van der Waals surface area contributed by atoms with Crippen LogP contribution in [0.1, 0.15) is 22.3 Å².